The van der Waals surface area contributed by atoms with Crippen molar-refractivity contribution in [2.24, 2.45) is 5.10 Å². The highest BCUT2D eigenvalue weighted by Gasteiger charge is 2.42. The van der Waals surface area contributed by atoms with Gasteiger partial charge in [-0.05, 0) is 54.4 Å². The molecular formula is C25H24ClN3O3. The fourth-order valence-corrected chi connectivity index (χ4v) is 3.96. The number of esters is 1. The molecule has 0 radical (unpaired) electrons. The van der Waals surface area contributed by atoms with Gasteiger partial charge in [0.2, 0.25) is 5.84 Å². The van der Waals surface area contributed by atoms with Gasteiger partial charge < -0.3 is 14.4 Å². The molecule has 1 heterocycles. The van der Waals surface area contributed by atoms with E-state index < -0.39 is 5.97 Å². The van der Waals surface area contributed by atoms with Crippen molar-refractivity contribution in [2.45, 2.75) is 19.1 Å². The highest BCUT2D eigenvalue weighted by atomic mass is 35.5. The highest BCUT2D eigenvalue weighted by molar-refractivity contribution is 6.36. The van der Waals surface area contributed by atoms with Crippen molar-refractivity contribution in [3.05, 3.63) is 95.0 Å². The van der Waals surface area contributed by atoms with Crippen molar-refractivity contribution in [3.8, 4) is 5.75 Å². The smallest absolute Gasteiger partial charge is 0.375 e. The Labute approximate surface area is 192 Å². The molecule has 6 nitrogen and oxygen atoms in total. The maximum atomic E-state index is 12.8. The van der Waals surface area contributed by atoms with Crippen LogP contribution in [-0.2, 0) is 9.53 Å². The Morgan fingerprint density at radius 1 is 0.969 bits per heavy atom. The monoisotopic (exact) mass is 449 g/mol. The topological polar surface area (TPSA) is 54.4 Å². The van der Waals surface area contributed by atoms with E-state index in [1.54, 1.807) is 19.2 Å². The second kappa shape index (κ2) is 9.32. The van der Waals surface area contributed by atoms with E-state index in [9.17, 15) is 4.79 Å². The van der Waals surface area contributed by atoms with Gasteiger partial charge in [-0.15, -0.1) is 5.10 Å². The maximum absolute atomic E-state index is 12.8. The van der Waals surface area contributed by atoms with Crippen LogP contribution in [-0.4, -0.2) is 30.9 Å². The first-order valence-electron chi connectivity index (χ1n) is 10.2. The summed E-state index contributed by atoms with van der Waals surface area (Å²) in [7, 11) is 3.00. The standard InChI is InChI=1S/C25H24ClN3O3/c1-17(18-7-5-4-6-8-18)28-23(25(30)32-3)27-29(21-13-11-20(26)12-14-21)24(28)19-9-15-22(31-2)16-10-19/h4-17,24H,1-3H3/t17-,24+/m0/s1. The van der Waals surface area contributed by atoms with Crippen molar-refractivity contribution in [3.63, 3.8) is 0 Å². The fraction of sp³-hybridized carbons (Fsp3) is 0.200. The Bertz CT molecular complexity index is 1100. The summed E-state index contributed by atoms with van der Waals surface area (Å²) >= 11 is 6.11. The number of nitrogens with zero attached hydrogens (tertiary/aromatic N) is 3. The van der Waals surface area contributed by atoms with Gasteiger partial charge in [0, 0.05) is 5.02 Å². The van der Waals surface area contributed by atoms with Gasteiger partial charge in [0.15, 0.2) is 6.17 Å². The number of carbonyl (C=O) groups is 1. The van der Waals surface area contributed by atoms with E-state index in [2.05, 4.69) is 6.92 Å². The third-order valence-electron chi connectivity index (χ3n) is 5.51. The Hall–Kier alpha value is -3.51. The lowest BCUT2D eigenvalue weighted by Gasteiger charge is -2.36. The first kappa shape index (κ1) is 21.7. The molecule has 0 N–H and O–H groups in total. The van der Waals surface area contributed by atoms with Gasteiger partial charge in [-0.1, -0.05) is 54.1 Å². The molecule has 1 aliphatic heterocycles. The summed E-state index contributed by atoms with van der Waals surface area (Å²) in [6.07, 6.45) is -0.383. The number of methoxy groups -OCH3 is 2. The van der Waals surface area contributed by atoms with Crippen LogP contribution in [0, 0.1) is 0 Å². The molecule has 2 atom stereocenters. The average Bonchev–Trinajstić information content (AvgIpc) is 3.24. The molecule has 0 aliphatic carbocycles. The maximum Gasteiger partial charge on any atom is 0.375 e. The van der Waals surface area contributed by atoms with Crippen molar-refractivity contribution < 1.29 is 14.3 Å². The molecular weight excluding hydrogens is 426 g/mol. The van der Waals surface area contributed by atoms with Crippen LogP contribution in [0.3, 0.4) is 0 Å². The SMILES string of the molecule is COC(=O)C1=NN(c2ccc(Cl)cc2)[C@H](c2ccc(OC)cc2)N1[C@@H](C)c1ccccc1. The Balaban J connectivity index is 1.86. The first-order chi connectivity index (χ1) is 15.5. The lowest BCUT2D eigenvalue weighted by Crippen LogP contribution is -2.40. The Morgan fingerprint density at radius 2 is 1.62 bits per heavy atom. The number of hydrazone groups is 1. The summed E-state index contributed by atoms with van der Waals surface area (Å²) in [6.45, 7) is 2.05. The first-order valence-corrected chi connectivity index (χ1v) is 10.6. The summed E-state index contributed by atoms with van der Waals surface area (Å²) in [4.78, 5) is 14.8. The third kappa shape index (κ3) is 4.14. The van der Waals surface area contributed by atoms with Crippen LogP contribution in [0.2, 0.25) is 5.02 Å². The van der Waals surface area contributed by atoms with Crippen LogP contribution >= 0.6 is 11.6 Å². The van der Waals surface area contributed by atoms with Gasteiger partial charge in [-0.25, -0.2) is 9.80 Å². The third-order valence-corrected chi connectivity index (χ3v) is 5.77. The number of hydrogen-bond acceptors (Lipinski definition) is 6. The van der Waals surface area contributed by atoms with Crippen molar-refractivity contribution in [1.82, 2.24) is 4.90 Å². The molecule has 0 saturated heterocycles. The number of halogens is 1. The Kier molecular flexibility index (Phi) is 6.32. The van der Waals surface area contributed by atoms with Gasteiger partial charge in [0.05, 0.1) is 25.9 Å². The highest BCUT2D eigenvalue weighted by Crippen LogP contribution is 2.41. The zero-order valence-corrected chi connectivity index (χ0v) is 18.9. The second-order valence-electron chi connectivity index (χ2n) is 7.38. The van der Waals surface area contributed by atoms with E-state index in [-0.39, 0.29) is 18.0 Å². The van der Waals surface area contributed by atoms with E-state index in [0.717, 1.165) is 22.6 Å². The molecule has 1 aliphatic rings. The van der Waals surface area contributed by atoms with Crippen LogP contribution in [0.4, 0.5) is 5.69 Å². The van der Waals surface area contributed by atoms with Crippen LogP contribution in [0.5, 0.6) is 5.75 Å². The number of hydrogen-bond donors (Lipinski definition) is 0. The quantitative estimate of drug-likeness (QED) is 0.470. The largest absolute Gasteiger partial charge is 0.497 e. The van der Waals surface area contributed by atoms with Gasteiger partial charge in [-0.3, -0.25) is 0 Å². The van der Waals surface area contributed by atoms with Gasteiger partial charge in [-0.2, -0.15) is 0 Å². The summed E-state index contributed by atoms with van der Waals surface area (Å²) in [5.74, 6) is 0.490. The van der Waals surface area contributed by atoms with Crippen molar-refractivity contribution >= 4 is 29.1 Å². The molecule has 0 amide bonds. The molecule has 0 aromatic heterocycles. The average molecular weight is 450 g/mol. The predicted octanol–water partition coefficient (Wildman–Crippen LogP) is 5.42. The zero-order valence-electron chi connectivity index (χ0n) is 18.1. The minimum Gasteiger partial charge on any atom is -0.497 e. The summed E-state index contributed by atoms with van der Waals surface area (Å²) < 4.78 is 10.4. The van der Waals surface area contributed by atoms with Crippen LogP contribution in [0.25, 0.3) is 0 Å². The molecule has 32 heavy (non-hydrogen) atoms. The molecule has 4 rings (SSSR count). The molecule has 0 unspecified atom stereocenters. The molecule has 3 aromatic rings. The predicted molar refractivity (Wildman–Crippen MR) is 126 cm³/mol. The molecule has 0 saturated carbocycles. The van der Waals surface area contributed by atoms with Crippen LogP contribution < -0.4 is 9.75 Å². The minimum atomic E-state index is -0.497. The molecule has 0 bridgehead atoms. The van der Waals surface area contributed by atoms with E-state index in [0.29, 0.717) is 5.02 Å². The number of ether oxygens (including phenoxy) is 2. The van der Waals surface area contributed by atoms with E-state index in [1.165, 1.54) is 7.11 Å². The summed E-state index contributed by atoms with van der Waals surface area (Å²) in [5.41, 5.74) is 2.81. The molecule has 3 aromatic carbocycles. The second-order valence-corrected chi connectivity index (χ2v) is 7.81. The van der Waals surface area contributed by atoms with E-state index in [4.69, 9.17) is 26.2 Å². The van der Waals surface area contributed by atoms with Gasteiger partial charge in [0.25, 0.3) is 0 Å². The lowest BCUT2D eigenvalue weighted by atomic mass is 10.0. The van der Waals surface area contributed by atoms with Crippen molar-refractivity contribution in [1.29, 1.82) is 0 Å². The fourth-order valence-electron chi connectivity index (χ4n) is 3.84. The summed E-state index contributed by atoms with van der Waals surface area (Å²) in [6, 6.07) is 25.0. The lowest BCUT2D eigenvalue weighted by molar-refractivity contribution is -0.133. The Morgan fingerprint density at radius 3 is 2.22 bits per heavy atom. The zero-order chi connectivity index (χ0) is 22.7. The number of rotatable bonds is 6. The minimum absolute atomic E-state index is 0.154. The molecule has 0 spiro atoms. The number of amidine groups is 1. The van der Waals surface area contributed by atoms with Crippen LogP contribution in [0.1, 0.15) is 30.3 Å². The van der Waals surface area contributed by atoms with E-state index in [1.807, 2.05) is 76.6 Å². The van der Waals surface area contributed by atoms with E-state index >= 15 is 0 Å². The van der Waals surface area contributed by atoms with Crippen LogP contribution in [0.15, 0.2) is 84.0 Å². The number of carbonyl (C=O) groups excluding carboxylic acids is 1. The molecule has 7 heteroatoms. The number of benzene rings is 3. The van der Waals surface area contributed by atoms with Gasteiger partial charge in [0.1, 0.15) is 5.75 Å². The number of anilines is 1. The van der Waals surface area contributed by atoms with Crippen molar-refractivity contribution in [2.75, 3.05) is 19.2 Å². The molecule has 164 valence electrons. The normalized spacial score (nSPS) is 16.5. The van der Waals surface area contributed by atoms with Gasteiger partial charge >= 0.3 is 5.97 Å². The molecule has 0 fully saturated rings. The summed E-state index contributed by atoms with van der Waals surface area (Å²) in [5, 5.41) is 7.16.